The molecule has 1 atom stereocenters. The summed E-state index contributed by atoms with van der Waals surface area (Å²) in [5, 5.41) is 0. The normalized spacial score (nSPS) is 20.3. The molecule has 2 nitrogen and oxygen atoms in total. The van der Waals surface area contributed by atoms with Crippen molar-refractivity contribution in [2.45, 2.75) is 33.6 Å². The fourth-order valence-electron chi connectivity index (χ4n) is 2.77. The molecule has 0 N–H and O–H groups in total. The predicted molar refractivity (Wildman–Crippen MR) is 75.1 cm³/mol. The molecule has 98 valence electrons. The lowest BCUT2D eigenvalue weighted by atomic mass is 10.0. The van der Waals surface area contributed by atoms with Gasteiger partial charge in [-0.05, 0) is 44.9 Å². The fraction of sp³-hybridized carbons (Fsp3) is 0.562. The molecule has 1 fully saturated rings. The monoisotopic (exact) mass is 245 g/mol. The fourth-order valence-corrected chi connectivity index (χ4v) is 2.77. The molecule has 0 aliphatic carbocycles. The Kier molecular flexibility index (Phi) is 4.18. The van der Waals surface area contributed by atoms with E-state index in [4.69, 9.17) is 0 Å². The number of aryl methyl sites for hydroxylation is 2. The summed E-state index contributed by atoms with van der Waals surface area (Å²) in [6.45, 7) is 9.60. The SMILES string of the molecule is Cc1cc(C)cc(C(=O)CCN2CCC(C)C2)c1. The van der Waals surface area contributed by atoms with Crippen molar-refractivity contribution < 1.29 is 4.79 Å². The van der Waals surface area contributed by atoms with E-state index < -0.39 is 0 Å². The Labute approximate surface area is 110 Å². The minimum atomic E-state index is 0.279. The van der Waals surface area contributed by atoms with Crippen LogP contribution in [-0.2, 0) is 0 Å². The molecule has 1 heterocycles. The van der Waals surface area contributed by atoms with Gasteiger partial charge in [-0.1, -0.05) is 24.1 Å². The maximum Gasteiger partial charge on any atom is 0.164 e. The molecule has 1 aromatic rings. The topological polar surface area (TPSA) is 20.3 Å². The first-order valence-electron chi connectivity index (χ1n) is 6.88. The molecule has 0 saturated carbocycles. The Morgan fingerprint density at radius 3 is 2.50 bits per heavy atom. The molecular weight excluding hydrogens is 222 g/mol. The third-order valence-electron chi connectivity index (χ3n) is 3.71. The summed E-state index contributed by atoms with van der Waals surface area (Å²) in [6.07, 6.45) is 1.92. The Morgan fingerprint density at radius 2 is 1.94 bits per heavy atom. The number of carbonyl (C=O) groups excluding carboxylic acids is 1. The van der Waals surface area contributed by atoms with Crippen LogP contribution < -0.4 is 0 Å². The van der Waals surface area contributed by atoms with Crippen LogP contribution in [-0.4, -0.2) is 30.3 Å². The maximum atomic E-state index is 12.2. The molecule has 0 aromatic heterocycles. The largest absolute Gasteiger partial charge is 0.303 e. The Hall–Kier alpha value is -1.15. The second-order valence-corrected chi connectivity index (χ2v) is 5.74. The van der Waals surface area contributed by atoms with Crippen LogP contribution in [0.15, 0.2) is 18.2 Å². The van der Waals surface area contributed by atoms with Gasteiger partial charge in [0.1, 0.15) is 0 Å². The van der Waals surface area contributed by atoms with Crippen LogP contribution in [0.1, 0.15) is 41.3 Å². The Morgan fingerprint density at radius 1 is 1.28 bits per heavy atom. The van der Waals surface area contributed by atoms with Crippen molar-refractivity contribution in [2.24, 2.45) is 5.92 Å². The summed E-state index contributed by atoms with van der Waals surface area (Å²) < 4.78 is 0. The number of ketones is 1. The molecule has 1 aliphatic rings. The lowest BCUT2D eigenvalue weighted by Gasteiger charge is -2.14. The summed E-state index contributed by atoms with van der Waals surface area (Å²) in [4.78, 5) is 14.6. The van der Waals surface area contributed by atoms with Gasteiger partial charge in [-0.2, -0.15) is 0 Å². The third-order valence-corrected chi connectivity index (χ3v) is 3.71. The van der Waals surface area contributed by atoms with E-state index in [9.17, 15) is 4.79 Å². The molecule has 18 heavy (non-hydrogen) atoms. The van der Waals surface area contributed by atoms with Gasteiger partial charge >= 0.3 is 0 Å². The zero-order chi connectivity index (χ0) is 13.1. The van der Waals surface area contributed by atoms with Crippen LogP contribution >= 0.6 is 0 Å². The van der Waals surface area contributed by atoms with E-state index in [0.717, 1.165) is 31.1 Å². The summed E-state index contributed by atoms with van der Waals surface area (Å²) in [5.41, 5.74) is 3.22. The van der Waals surface area contributed by atoms with Gasteiger partial charge in [0.25, 0.3) is 0 Å². The molecule has 1 aromatic carbocycles. The van der Waals surface area contributed by atoms with Gasteiger partial charge in [0, 0.05) is 25.1 Å². The van der Waals surface area contributed by atoms with Crippen LogP contribution in [0.5, 0.6) is 0 Å². The number of benzene rings is 1. The second-order valence-electron chi connectivity index (χ2n) is 5.74. The Bertz CT molecular complexity index is 418. The van der Waals surface area contributed by atoms with E-state index in [2.05, 4.69) is 17.9 Å². The molecule has 0 radical (unpaired) electrons. The van der Waals surface area contributed by atoms with Crippen LogP contribution in [0.3, 0.4) is 0 Å². The molecule has 0 spiro atoms. The van der Waals surface area contributed by atoms with Gasteiger partial charge in [-0.25, -0.2) is 0 Å². The predicted octanol–water partition coefficient (Wildman–Crippen LogP) is 3.22. The number of nitrogens with zero attached hydrogens (tertiary/aromatic N) is 1. The van der Waals surface area contributed by atoms with E-state index in [0.29, 0.717) is 6.42 Å². The van der Waals surface area contributed by atoms with Gasteiger partial charge in [0.2, 0.25) is 0 Å². The number of rotatable bonds is 4. The molecule has 1 aliphatic heterocycles. The molecule has 1 unspecified atom stereocenters. The smallest absolute Gasteiger partial charge is 0.164 e. The van der Waals surface area contributed by atoms with E-state index in [1.807, 2.05) is 26.0 Å². The number of likely N-dealkylation sites (tertiary alicyclic amines) is 1. The summed E-state index contributed by atoms with van der Waals surface area (Å²) in [6, 6.07) is 6.11. The summed E-state index contributed by atoms with van der Waals surface area (Å²) >= 11 is 0. The zero-order valence-electron chi connectivity index (χ0n) is 11.7. The molecule has 0 amide bonds. The second kappa shape index (κ2) is 5.66. The van der Waals surface area contributed by atoms with Gasteiger partial charge in [0.15, 0.2) is 5.78 Å². The highest BCUT2D eigenvalue weighted by Gasteiger charge is 2.19. The quantitative estimate of drug-likeness (QED) is 0.759. The van der Waals surface area contributed by atoms with Gasteiger partial charge < -0.3 is 4.90 Å². The number of hydrogen-bond acceptors (Lipinski definition) is 2. The van der Waals surface area contributed by atoms with Crippen molar-refractivity contribution in [3.8, 4) is 0 Å². The van der Waals surface area contributed by atoms with E-state index in [1.54, 1.807) is 0 Å². The minimum Gasteiger partial charge on any atom is -0.303 e. The van der Waals surface area contributed by atoms with Crippen molar-refractivity contribution in [2.75, 3.05) is 19.6 Å². The first-order valence-corrected chi connectivity index (χ1v) is 6.88. The highest BCUT2D eigenvalue weighted by Crippen LogP contribution is 2.16. The first kappa shape index (κ1) is 13.3. The van der Waals surface area contributed by atoms with Crippen LogP contribution in [0, 0.1) is 19.8 Å². The first-order chi connectivity index (χ1) is 8.54. The minimum absolute atomic E-state index is 0.279. The van der Waals surface area contributed by atoms with Crippen LogP contribution in [0.2, 0.25) is 0 Å². The van der Waals surface area contributed by atoms with E-state index in [-0.39, 0.29) is 5.78 Å². The molecule has 2 heteroatoms. The van der Waals surface area contributed by atoms with Crippen molar-refractivity contribution >= 4 is 5.78 Å². The summed E-state index contributed by atoms with van der Waals surface area (Å²) in [5.74, 6) is 1.07. The number of Topliss-reactive ketones (excluding diaryl/α,β-unsaturated/α-hetero) is 1. The average Bonchev–Trinajstić information content (AvgIpc) is 2.70. The van der Waals surface area contributed by atoms with Gasteiger partial charge in [0.05, 0.1) is 0 Å². The molecular formula is C16H23NO. The lowest BCUT2D eigenvalue weighted by Crippen LogP contribution is -2.23. The van der Waals surface area contributed by atoms with Crippen molar-refractivity contribution in [1.29, 1.82) is 0 Å². The van der Waals surface area contributed by atoms with E-state index >= 15 is 0 Å². The molecule has 0 bridgehead atoms. The van der Waals surface area contributed by atoms with Gasteiger partial charge in [-0.15, -0.1) is 0 Å². The van der Waals surface area contributed by atoms with Crippen LogP contribution in [0.25, 0.3) is 0 Å². The Balaban J connectivity index is 1.91. The maximum absolute atomic E-state index is 12.2. The lowest BCUT2D eigenvalue weighted by molar-refractivity contribution is 0.0968. The van der Waals surface area contributed by atoms with Crippen LogP contribution in [0.4, 0.5) is 0 Å². The summed E-state index contributed by atoms with van der Waals surface area (Å²) in [7, 11) is 0. The highest BCUT2D eigenvalue weighted by molar-refractivity contribution is 5.96. The zero-order valence-corrected chi connectivity index (χ0v) is 11.7. The van der Waals surface area contributed by atoms with Crippen molar-refractivity contribution in [3.05, 3.63) is 34.9 Å². The highest BCUT2D eigenvalue weighted by atomic mass is 16.1. The molecule has 1 saturated heterocycles. The van der Waals surface area contributed by atoms with E-state index in [1.165, 1.54) is 17.5 Å². The number of carbonyl (C=O) groups is 1. The van der Waals surface area contributed by atoms with Crippen molar-refractivity contribution in [3.63, 3.8) is 0 Å². The third kappa shape index (κ3) is 3.42. The average molecular weight is 245 g/mol. The molecule has 2 rings (SSSR count). The number of hydrogen-bond donors (Lipinski definition) is 0. The van der Waals surface area contributed by atoms with Crippen molar-refractivity contribution in [1.82, 2.24) is 4.90 Å². The van der Waals surface area contributed by atoms with Gasteiger partial charge in [-0.3, -0.25) is 4.79 Å². The standard InChI is InChI=1S/C16H23NO/c1-12-4-6-17(11-12)7-5-16(18)15-9-13(2)8-14(3)10-15/h8-10,12H,4-7,11H2,1-3H3.